The third-order valence-electron chi connectivity index (χ3n) is 3.89. The second kappa shape index (κ2) is 5.79. The highest BCUT2D eigenvalue weighted by Gasteiger charge is 2.18. The van der Waals surface area contributed by atoms with Crippen molar-refractivity contribution < 1.29 is 9.21 Å². The van der Waals surface area contributed by atoms with Crippen LogP contribution in [0.5, 0.6) is 0 Å². The smallest absolute Gasteiger partial charge is 0.287 e. The number of imidazole rings is 1. The zero-order valence-corrected chi connectivity index (χ0v) is 14.4. The summed E-state index contributed by atoms with van der Waals surface area (Å²) in [6.45, 7) is 1.88. The van der Waals surface area contributed by atoms with Gasteiger partial charge in [0.05, 0.1) is 21.5 Å². The lowest BCUT2D eigenvalue weighted by molar-refractivity contribution is 0.0912. The molecular weight excluding hydrogens is 370 g/mol. The number of nitrogens with zero attached hydrogens (tertiary/aromatic N) is 1. The van der Waals surface area contributed by atoms with Gasteiger partial charge in [0.25, 0.3) is 5.91 Å². The van der Waals surface area contributed by atoms with E-state index in [1.807, 2.05) is 49.4 Å². The minimum absolute atomic E-state index is 0.262. The van der Waals surface area contributed by atoms with Crippen LogP contribution in [0.2, 0.25) is 0 Å². The number of aromatic amines is 1. The number of amides is 1. The molecular formula is C18H14BrN3O2. The molecule has 2 heterocycles. The van der Waals surface area contributed by atoms with Crippen molar-refractivity contribution in [2.75, 3.05) is 0 Å². The summed E-state index contributed by atoms with van der Waals surface area (Å²) in [5.74, 6) is 0.716. The molecule has 2 aromatic carbocycles. The van der Waals surface area contributed by atoms with Gasteiger partial charge in [0.2, 0.25) is 0 Å². The first-order chi connectivity index (χ1) is 11.6. The number of para-hydroxylation sites is 3. The molecule has 0 aliphatic rings. The summed E-state index contributed by atoms with van der Waals surface area (Å²) in [4.78, 5) is 20.2. The Morgan fingerprint density at radius 2 is 2.08 bits per heavy atom. The van der Waals surface area contributed by atoms with E-state index in [9.17, 15) is 4.79 Å². The lowest BCUT2D eigenvalue weighted by Crippen LogP contribution is -2.26. The van der Waals surface area contributed by atoms with Crippen molar-refractivity contribution in [3.05, 3.63) is 64.6 Å². The summed E-state index contributed by atoms with van der Waals surface area (Å²) in [5.41, 5.74) is 2.49. The molecule has 0 fully saturated rings. The van der Waals surface area contributed by atoms with Crippen molar-refractivity contribution in [1.82, 2.24) is 15.3 Å². The Labute approximate surface area is 146 Å². The van der Waals surface area contributed by atoms with Crippen LogP contribution in [-0.2, 0) is 0 Å². The fourth-order valence-electron chi connectivity index (χ4n) is 2.65. The minimum atomic E-state index is -0.272. The van der Waals surface area contributed by atoms with Gasteiger partial charge < -0.3 is 14.7 Å². The number of furan rings is 1. The van der Waals surface area contributed by atoms with Crippen molar-refractivity contribution in [2.45, 2.75) is 13.0 Å². The first-order valence-corrected chi connectivity index (χ1v) is 8.34. The number of rotatable bonds is 3. The van der Waals surface area contributed by atoms with E-state index in [0.717, 1.165) is 20.9 Å². The molecule has 6 heteroatoms. The molecule has 1 unspecified atom stereocenters. The second-order valence-electron chi connectivity index (χ2n) is 5.60. The summed E-state index contributed by atoms with van der Waals surface area (Å²) < 4.78 is 6.49. The Balaban J connectivity index is 1.58. The van der Waals surface area contributed by atoms with Crippen LogP contribution in [0.1, 0.15) is 29.3 Å². The van der Waals surface area contributed by atoms with Gasteiger partial charge in [-0.1, -0.05) is 24.3 Å². The second-order valence-corrected chi connectivity index (χ2v) is 6.46. The normalized spacial score (nSPS) is 12.6. The predicted molar refractivity (Wildman–Crippen MR) is 95.9 cm³/mol. The maximum absolute atomic E-state index is 12.5. The summed E-state index contributed by atoms with van der Waals surface area (Å²) in [6, 6.07) is 14.9. The number of H-pyrrole nitrogens is 1. The van der Waals surface area contributed by atoms with Gasteiger partial charge in [0.15, 0.2) is 5.76 Å². The van der Waals surface area contributed by atoms with Crippen molar-refractivity contribution in [1.29, 1.82) is 0 Å². The summed E-state index contributed by atoms with van der Waals surface area (Å²) in [7, 11) is 0. The number of halogens is 1. The van der Waals surface area contributed by atoms with Crippen LogP contribution in [0.4, 0.5) is 0 Å². The van der Waals surface area contributed by atoms with E-state index in [1.54, 1.807) is 6.07 Å². The molecule has 24 heavy (non-hydrogen) atoms. The van der Waals surface area contributed by atoms with E-state index >= 15 is 0 Å². The Bertz CT molecular complexity index is 1020. The maximum atomic E-state index is 12.5. The molecule has 4 rings (SSSR count). The van der Waals surface area contributed by atoms with E-state index in [2.05, 4.69) is 31.2 Å². The SMILES string of the molecule is CC(NC(=O)c1cc2cccc(Br)c2o1)c1nc2ccccc2[nH]1. The minimum Gasteiger partial charge on any atom is -0.450 e. The van der Waals surface area contributed by atoms with Crippen molar-refractivity contribution >= 4 is 43.8 Å². The number of aromatic nitrogens is 2. The fraction of sp³-hybridized carbons (Fsp3) is 0.111. The Morgan fingerprint density at radius 3 is 2.88 bits per heavy atom. The largest absolute Gasteiger partial charge is 0.450 e. The first-order valence-electron chi connectivity index (χ1n) is 7.55. The van der Waals surface area contributed by atoms with E-state index in [4.69, 9.17) is 4.42 Å². The summed E-state index contributed by atoms with van der Waals surface area (Å²) in [5, 5.41) is 3.79. The van der Waals surface area contributed by atoms with Crippen LogP contribution in [0.15, 0.2) is 57.4 Å². The van der Waals surface area contributed by atoms with Gasteiger partial charge in [0.1, 0.15) is 11.4 Å². The van der Waals surface area contributed by atoms with Crippen LogP contribution < -0.4 is 5.32 Å². The maximum Gasteiger partial charge on any atom is 0.287 e. The molecule has 0 saturated heterocycles. The van der Waals surface area contributed by atoms with Crippen LogP contribution in [0, 0.1) is 0 Å². The molecule has 0 aliphatic carbocycles. The van der Waals surface area contributed by atoms with Gasteiger partial charge in [-0.15, -0.1) is 0 Å². The zero-order valence-electron chi connectivity index (χ0n) is 12.8. The van der Waals surface area contributed by atoms with E-state index in [-0.39, 0.29) is 17.7 Å². The first kappa shape index (κ1) is 15.0. The van der Waals surface area contributed by atoms with Crippen molar-refractivity contribution in [2.24, 2.45) is 0 Å². The van der Waals surface area contributed by atoms with Gasteiger partial charge in [-0.3, -0.25) is 4.79 Å². The molecule has 120 valence electrons. The van der Waals surface area contributed by atoms with Gasteiger partial charge in [-0.05, 0) is 47.1 Å². The third kappa shape index (κ3) is 2.59. The molecule has 2 N–H and O–H groups in total. The monoisotopic (exact) mass is 383 g/mol. The Hall–Kier alpha value is -2.60. The van der Waals surface area contributed by atoms with E-state index in [1.165, 1.54) is 0 Å². The van der Waals surface area contributed by atoms with Crippen LogP contribution in [0.25, 0.3) is 22.0 Å². The number of nitrogens with one attached hydrogen (secondary N) is 2. The third-order valence-corrected chi connectivity index (χ3v) is 4.51. The Kier molecular flexibility index (Phi) is 3.61. The topological polar surface area (TPSA) is 70.9 Å². The molecule has 5 nitrogen and oxygen atoms in total. The van der Waals surface area contributed by atoms with Crippen LogP contribution in [0.3, 0.4) is 0 Å². The van der Waals surface area contributed by atoms with E-state index < -0.39 is 0 Å². The number of fused-ring (bicyclic) bond motifs is 2. The average Bonchev–Trinajstić information content (AvgIpc) is 3.19. The molecule has 4 aromatic rings. The van der Waals surface area contributed by atoms with E-state index in [0.29, 0.717) is 11.4 Å². The molecule has 1 atom stereocenters. The number of carbonyl (C=O) groups excluding carboxylic acids is 1. The molecule has 1 amide bonds. The summed E-state index contributed by atoms with van der Waals surface area (Å²) >= 11 is 3.43. The predicted octanol–water partition coefficient (Wildman–Crippen LogP) is 4.56. The zero-order chi connectivity index (χ0) is 16.7. The molecule has 0 bridgehead atoms. The number of benzene rings is 2. The molecule has 2 aromatic heterocycles. The highest BCUT2D eigenvalue weighted by atomic mass is 79.9. The van der Waals surface area contributed by atoms with Crippen molar-refractivity contribution in [3.63, 3.8) is 0 Å². The lowest BCUT2D eigenvalue weighted by Gasteiger charge is -2.09. The molecule has 0 aliphatic heterocycles. The van der Waals surface area contributed by atoms with Gasteiger partial charge in [-0.2, -0.15) is 0 Å². The number of hydrogen-bond acceptors (Lipinski definition) is 3. The van der Waals surface area contributed by atoms with Crippen LogP contribution in [-0.4, -0.2) is 15.9 Å². The van der Waals surface area contributed by atoms with Gasteiger partial charge >= 0.3 is 0 Å². The molecule has 0 radical (unpaired) electrons. The standard InChI is InChI=1S/C18H14BrN3O2/c1-10(17-21-13-7-2-3-8-14(13)22-17)20-18(23)15-9-11-5-4-6-12(19)16(11)24-15/h2-10H,1H3,(H,20,23)(H,21,22). The van der Waals surface area contributed by atoms with Crippen LogP contribution >= 0.6 is 15.9 Å². The average molecular weight is 384 g/mol. The van der Waals surface area contributed by atoms with Gasteiger partial charge in [-0.25, -0.2) is 4.98 Å². The number of carbonyl (C=O) groups is 1. The highest BCUT2D eigenvalue weighted by Crippen LogP contribution is 2.27. The Morgan fingerprint density at radius 1 is 1.25 bits per heavy atom. The number of hydrogen-bond donors (Lipinski definition) is 2. The van der Waals surface area contributed by atoms with Gasteiger partial charge in [0, 0.05) is 5.39 Å². The highest BCUT2D eigenvalue weighted by molar-refractivity contribution is 9.10. The summed E-state index contributed by atoms with van der Waals surface area (Å²) in [6.07, 6.45) is 0. The molecule has 0 spiro atoms. The molecule has 0 saturated carbocycles. The quantitative estimate of drug-likeness (QED) is 0.544. The van der Waals surface area contributed by atoms with Crippen molar-refractivity contribution in [3.8, 4) is 0 Å². The lowest BCUT2D eigenvalue weighted by atomic mass is 10.2. The fourth-order valence-corrected chi connectivity index (χ4v) is 3.12.